The highest BCUT2D eigenvalue weighted by Gasteiger charge is 2.15. The smallest absolute Gasteiger partial charge is 0.227 e. The fraction of sp³-hybridized carbons (Fsp3) is 0.0435. The summed E-state index contributed by atoms with van der Waals surface area (Å²) in [6, 6.07) is 30.2. The molecule has 0 saturated heterocycles. The van der Waals surface area contributed by atoms with Crippen molar-refractivity contribution < 1.29 is 9.36 Å². The van der Waals surface area contributed by atoms with Crippen LogP contribution >= 0.6 is 0 Å². The van der Waals surface area contributed by atoms with Gasteiger partial charge in [-0.15, -0.1) is 0 Å². The number of nitrogens with zero attached hydrogens (tertiary/aromatic N) is 1. The summed E-state index contributed by atoms with van der Waals surface area (Å²) in [6.45, 7) is 0.339. The number of para-hydroxylation sites is 1. The van der Waals surface area contributed by atoms with Crippen molar-refractivity contribution in [3.63, 3.8) is 0 Å². The van der Waals surface area contributed by atoms with Crippen LogP contribution in [0.5, 0.6) is 0 Å². The molecule has 1 heterocycles. The summed E-state index contributed by atoms with van der Waals surface area (Å²) in [5.74, 6) is 0.112. The molecule has 0 amide bonds. The van der Waals surface area contributed by atoms with Gasteiger partial charge in [-0.05, 0) is 23.3 Å². The Hall–Kier alpha value is -3.26. The van der Waals surface area contributed by atoms with E-state index in [-0.39, 0.29) is 5.78 Å². The average Bonchev–Trinajstić information content (AvgIpc) is 2.69. The van der Waals surface area contributed by atoms with Crippen LogP contribution in [0.4, 0.5) is 0 Å². The molecule has 0 spiro atoms. The van der Waals surface area contributed by atoms with Crippen LogP contribution in [-0.4, -0.2) is 5.78 Å². The third kappa shape index (κ3) is 3.20. The lowest BCUT2D eigenvalue weighted by molar-refractivity contribution is -0.657. The van der Waals surface area contributed by atoms with Crippen LogP contribution in [0.1, 0.15) is 10.4 Å². The minimum absolute atomic E-state index is 0.112. The van der Waals surface area contributed by atoms with E-state index in [9.17, 15) is 4.79 Å². The summed E-state index contributed by atoms with van der Waals surface area (Å²) in [6.07, 6.45) is 1.96. The van der Waals surface area contributed by atoms with Gasteiger partial charge in [0.15, 0.2) is 6.20 Å². The second kappa shape index (κ2) is 6.70. The number of carbonyl (C=O) groups is 1. The molecule has 0 fully saturated rings. The van der Waals surface area contributed by atoms with Gasteiger partial charge in [0.25, 0.3) is 0 Å². The maximum atomic E-state index is 12.7. The summed E-state index contributed by atoms with van der Waals surface area (Å²) in [4.78, 5) is 12.7. The van der Waals surface area contributed by atoms with Crippen molar-refractivity contribution in [3.05, 3.63) is 103 Å². The molecule has 1 aromatic heterocycles. The minimum atomic E-state index is 0.112. The van der Waals surface area contributed by atoms with Crippen molar-refractivity contribution in [3.8, 4) is 11.1 Å². The van der Waals surface area contributed by atoms with Crippen LogP contribution in [0.25, 0.3) is 22.0 Å². The van der Waals surface area contributed by atoms with E-state index in [0.717, 1.165) is 27.6 Å². The zero-order valence-electron chi connectivity index (χ0n) is 13.8. The molecule has 4 aromatic rings. The van der Waals surface area contributed by atoms with E-state index in [2.05, 4.69) is 24.3 Å². The fourth-order valence-corrected chi connectivity index (χ4v) is 3.08. The highest BCUT2D eigenvalue weighted by molar-refractivity contribution is 5.95. The first-order valence-corrected chi connectivity index (χ1v) is 8.37. The molecule has 0 bridgehead atoms. The molecule has 0 saturated carbocycles. The number of ketones is 1. The molecule has 3 aromatic carbocycles. The van der Waals surface area contributed by atoms with Crippen LogP contribution < -0.4 is 4.57 Å². The molecule has 0 aliphatic rings. The summed E-state index contributed by atoms with van der Waals surface area (Å²) in [7, 11) is 0. The molecular formula is C23H18NO+. The van der Waals surface area contributed by atoms with E-state index in [0.29, 0.717) is 6.54 Å². The topological polar surface area (TPSA) is 20.9 Å². The normalized spacial score (nSPS) is 10.7. The predicted molar refractivity (Wildman–Crippen MR) is 100 cm³/mol. The Morgan fingerprint density at radius 2 is 1.32 bits per heavy atom. The molecular weight excluding hydrogens is 306 g/mol. The van der Waals surface area contributed by atoms with Crippen LogP contribution in [0.15, 0.2) is 97.2 Å². The predicted octanol–water partition coefficient (Wildman–Crippen LogP) is 4.68. The maximum absolute atomic E-state index is 12.7. The third-order valence-corrected chi connectivity index (χ3v) is 4.42. The highest BCUT2D eigenvalue weighted by Crippen LogP contribution is 2.19. The van der Waals surface area contributed by atoms with Crippen molar-refractivity contribution in [2.24, 2.45) is 0 Å². The second-order valence-electron chi connectivity index (χ2n) is 6.06. The van der Waals surface area contributed by atoms with E-state index in [1.807, 2.05) is 77.5 Å². The lowest BCUT2D eigenvalue weighted by atomic mass is 10.0. The molecule has 0 N–H and O–H groups in total. The van der Waals surface area contributed by atoms with Gasteiger partial charge in [-0.25, -0.2) is 0 Å². The SMILES string of the molecule is O=C(C[n+]1cccc2ccccc21)c1ccc(-c2ccccc2)cc1. The van der Waals surface area contributed by atoms with Gasteiger partial charge >= 0.3 is 0 Å². The van der Waals surface area contributed by atoms with Gasteiger partial charge in [-0.2, -0.15) is 4.57 Å². The van der Waals surface area contributed by atoms with Crippen LogP contribution in [-0.2, 0) is 6.54 Å². The zero-order chi connectivity index (χ0) is 17.1. The molecule has 0 aliphatic carbocycles. The Balaban J connectivity index is 1.59. The van der Waals surface area contributed by atoms with Crippen molar-refractivity contribution in [1.29, 1.82) is 0 Å². The number of rotatable bonds is 4. The van der Waals surface area contributed by atoms with Gasteiger partial charge in [0.1, 0.15) is 0 Å². The molecule has 25 heavy (non-hydrogen) atoms. The van der Waals surface area contributed by atoms with Gasteiger partial charge in [0.2, 0.25) is 17.8 Å². The van der Waals surface area contributed by atoms with Crippen molar-refractivity contribution in [2.45, 2.75) is 6.54 Å². The molecule has 4 rings (SSSR count). The Kier molecular flexibility index (Phi) is 4.09. The highest BCUT2D eigenvalue weighted by atomic mass is 16.1. The standard InChI is InChI=1S/C23H18NO/c25-23(17-24-16-6-10-20-9-4-5-11-22(20)24)21-14-12-19(13-15-21)18-7-2-1-3-8-18/h1-16H,17H2/q+1. The summed E-state index contributed by atoms with van der Waals surface area (Å²) < 4.78 is 2.00. The number of fused-ring (bicyclic) bond motifs is 1. The zero-order valence-corrected chi connectivity index (χ0v) is 13.8. The Morgan fingerprint density at radius 3 is 2.12 bits per heavy atom. The van der Waals surface area contributed by atoms with Crippen LogP contribution in [0.2, 0.25) is 0 Å². The van der Waals surface area contributed by atoms with Gasteiger partial charge in [0.05, 0.1) is 0 Å². The number of Topliss-reactive ketones (excluding diaryl/α,β-unsaturated/α-hetero) is 1. The monoisotopic (exact) mass is 324 g/mol. The maximum Gasteiger partial charge on any atom is 0.227 e. The molecule has 120 valence electrons. The van der Waals surface area contributed by atoms with Gasteiger partial charge < -0.3 is 0 Å². The summed E-state index contributed by atoms with van der Waals surface area (Å²) >= 11 is 0. The number of carbonyl (C=O) groups excluding carboxylic acids is 1. The first-order chi connectivity index (χ1) is 12.3. The Labute approximate surface area is 147 Å². The van der Waals surface area contributed by atoms with Gasteiger partial charge in [-0.1, -0.05) is 66.7 Å². The van der Waals surface area contributed by atoms with E-state index in [1.54, 1.807) is 0 Å². The van der Waals surface area contributed by atoms with Gasteiger partial charge in [-0.3, -0.25) is 4.79 Å². The summed E-state index contributed by atoms with van der Waals surface area (Å²) in [5.41, 5.74) is 4.08. The molecule has 0 radical (unpaired) electrons. The van der Waals surface area contributed by atoms with E-state index in [1.165, 1.54) is 0 Å². The quantitative estimate of drug-likeness (QED) is 0.394. The number of pyridine rings is 1. The Bertz CT molecular complexity index is 1020. The lowest BCUT2D eigenvalue weighted by Crippen LogP contribution is -2.38. The number of benzene rings is 3. The molecule has 0 aliphatic heterocycles. The molecule has 0 unspecified atom stereocenters. The fourth-order valence-electron chi connectivity index (χ4n) is 3.08. The third-order valence-electron chi connectivity index (χ3n) is 4.42. The van der Waals surface area contributed by atoms with Crippen molar-refractivity contribution in [1.82, 2.24) is 0 Å². The van der Waals surface area contributed by atoms with E-state index < -0.39 is 0 Å². The number of hydrogen-bond donors (Lipinski definition) is 0. The van der Waals surface area contributed by atoms with Crippen molar-refractivity contribution >= 4 is 16.7 Å². The lowest BCUT2D eigenvalue weighted by Gasteiger charge is -2.04. The first kappa shape index (κ1) is 15.3. The average molecular weight is 324 g/mol. The van der Waals surface area contributed by atoms with Gasteiger partial charge in [0, 0.05) is 23.1 Å². The molecule has 2 heteroatoms. The van der Waals surface area contributed by atoms with E-state index >= 15 is 0 Å². The molecule has 2 nitrogen and oxygen atoms in total. The van der Waals surface area contributed by atoms with Crippen molar-refractivity contribution in [2.75, 3.05) is 0 Å². The van der Waals surface area contributed by atoms with Crippen LogP contribution in [0, 0.1) is 0 Å². The minimum Gasteiger partial charge on any atom is -0.287 e. The Morgan fingerprint density at radius 1 is 0.680 bits per heavy atom. The second-order valence-corrected chi connectivity index (χ2v) is 6.06. The largest absolute Gasteiger partial charge is 0.287 e. The number of aromatic nitrogens is 1. The van der Waals surface area contributed by atoms with Crippen LogP contribution in [0.3, 0.4) is 0 Å². The number of hydrogen-bond acceptors (Lipinski definition) is 1. The first-order valence-electron chi connectivity index (χ1n) is 8.37. The van der Waals surface area contributed by atoms with E-state index in [4.69, 9.17) is 0 Å². The molecule has 0 atom stereocenters. The summed E-state index contributed by atoms with van der Waals surface area (Å²) in [5, 5.41) is 1.14.